The van der Waals surface area contributed by atoms with Gasteiger partial charge in [0.2, 0.25) is 5.91 Å². The maximum absolute atomic E-state index is 12.5. The monoisotopic (exact) mass is 389 g/mol. The molecule has 0 spiro atoms. The van der Waals surface area contributed by atoms with Crippen molar-refractivity contribution in [3.8, 4) is 11.3 Å². The first-order chi connectivity index (χ1) is 12.8. The average Bonchev–Trinajstić information content (AvgIpc) is 3.02. The van der Waals surface area contributed by atoms with Gasteiger partial charge < -0.3 is 15.2 Å². The molecule has 2 aromatic rings. The Morgan fingerprint density at radius 1 is 1.07 bits per heavy atom. The SMILES string of the molecule is Cc1onc(-c2ccccc2)c1C(=O)NCCCCCNC(=O)C(C)(C)S. The van der Waals surface area contributed by atoms with Crippen LogP contribution in [0.25, 0.3) is 11.3 Å². The van der Waals surface area contributed by atoms with Crippen LogP contribution in [0.4, 0.5) is 0 Å². The highest BCUT2D eigenvalue weighted by molar-refractivity contribution is 7.82. The van der Waals surface area contributed by atoms with Crippen LogP contribution in [-0.4, -0.2) is 34.8 Å². The summed E-state index contributed by atoms with van der Waals surface area (Å²) in [6.07, 6.45) is 2.59. The summed E-state index contributed by atoms with van der Waals surface area (Å²) in [5.74, 6) is 0.247. The Kier molecular flexibility index (Phi) is 7.47. The normalized spacial score (nSPS) is 11.3. The number of aryl methyl sites for hydroxylation is 1. The van der Waals surface area contributed by atoms with Gasteiger partial charge in [0.1, 0.15) is 17.0 Å². The van der Waals surface area contributed by atoms with Gasteiger partial charge in [0, 0.05) is 18.7 Å². The summed E-state index contributed by atoms with van der Waals surface area (Å²) in [6.45, 7) is 6.43. The Labute approximate surface area is 165 Å². The zero-order chi connectivity index (χ0) is 19.9. The first kappa shape index (κ1) is 21.0. The first-order valence-corrected chi connectivity index (χ1v) is 9.56. The number of hydrogen-bond acceptors (Lipinski definition) is 5. The fourth-order valence-electron chi connectivity index (χ4n) is 2.57. The number of rotatable bonds is 9. The molecular weight excluding hydrogens is 362 g/mol. The Bertz CT molecular complexity index is 767. The molecule has 0 aliphatic heterocycles. The standard InChI is InChI=1S/C20H27N3O3S/c1-14-16(17(23-26-14)15-10-6-4-7-11-15)18(24)21-12-8-5-9-13-22-19(25)20(2,3)27/h4,6-7,10-11,27H,5,8-9,12-13H2,1-3H3,(H,21,24)(H,22,25). The zero-order valence-electron chi connectivity index (χ0n) is 16.0. The van der Waals surface area contributed by atoms with Crippen molar-refractivity contribution >= 4 is 24.4 Å². The molecule has 146 valence electrons. The minimum Gasteiger partial charge on any atom is -0.360 e. The van der Waals surface area contributed by atoms with Crippen LogP contribution in [0.2, 0.25) is 0 Å². The van der Waals surface area contributed by atoms with E-state index in [0.29, 0.717) is 30.1 Å². The third-order valence-electron chi connectivity index (χ3n) is 4.12. The van der Waals surface area contributed by atoms with Crippen molar-refractivity contribution in [1.29, 1.82) is 0 Å². The Balaban J connectivity index is 1.76. The number of benzene rings is 1. The number of carbonyl (C=O) groups excluding carboxylic acids is 2. The highest BCUT2D eigenvalue weighted by Gasteiger charge is 2.22. The van der Waals surface area contributed by atoms with Crippen molar-refractivity contribution < 1.29 is 14.1 Å². The molecule has 7 heteroatoms. The van der Waals surface area contributed by atoms with Crippen LogP contribution in [0.1, 0.15) is 49.2 Å². The second kappa shape index (κ2) is 9.60. The van der Waals surface area contributed by atoms with Crippen LogP contribution in [0.5, 0.6) is 0 Å². The van der Waals surface area contributed by atoms with E-state index in [4.69, 9.17) is 4.52 Å². The van der Waals surface area contributed by atoms with E-state index < -0.39 is 4.75 Å². The van der Waals surface area contributed by atoms with Crippen molar-refractivity contribution in [3.63, 3.8) is 0 Å². The molecule has 0 atom stereocenters. The van der Waals surface area contributed by atoms with Crippen LogP contribution in [0, 0.1) is 6.92 Å². The molecule has 0 aliphatic carbocycles. The smallest absolute Gasteiger partial charge is 0.257 e. The van der Waals surface area contributed by atoms with Crippen molar-refractivity contribution in [2.24, 2.45) is 0 Å². The molecule has 2 amide bonds. The fourth-order valence-corrected chi connectivity index (χ4v) is 2.65. The van der Waals surface area contributed by atoms with Crippen LogP contribution in [0.15, 0.2) is 34.9 Å². The van der Waals surface area contributed by atoms with Gasteiger partial charge in [-0.05, 0) is 40.0 Å². The maximum atomic E-state index is 12.5. The number of nitrogens with zero attached hydrogens (tertiary/aromatic N) is 1. The van der Waals surface area contributed by atoms with Gasteiger partial charge in [-0.2, -0.15) is 12.6 Å². The summed E-state index contributed by atoms with van der Waals surface area (Å²) in [7, 11) is 0. The van der Waals surface area contributed by atoms with Crippen LogP contribution in [0.3, 0.4) is 0 Å². The number of hydrogen-bond donors (Lipinski definition) is 3. The zero-order valence-corrected chi connectivity index (χ0v) is 16.9. The largest absolute Gasteiger partial charge is 0.360 e. The molecule has 0 radical (unpaired) electrons. The van der Waals surface area contributed by atoms with Gasteiger partial charge in [0.15, 0.2) is 0 Å². The summed E-state index contributed by atoms with van der Waals surface area (Å²) >= 11 is 4.23. The number of amides is 2. The third kappa shape index (κ3) is 6.13. The van der Waals surface area contributed by atoms with Gasteiger partial charge in [-0.3, -0.25) is 9.59 Å². The molecule has 0 bridgehead atoms. The summed E-state index contributed by atoms with van der Waals surface area (Å²) in [4.78, 5) is 24.2. The Morgan fingerprint density at radius 3 is 2.33 bits per heavy atom. The lowest BCUT2D eigenvalue weighted by Crippen LogP contribution is -2.38. The quantitative estimate of drug-likeness (QED) is 0.453. The summed E-state index contributed by atoms with van der Waals surface area (Å²) in [5, 5.41) is 9.81. The van der Waals surface area contributed by atoms with E-state index in [0.717, 1.165) is 24.8 Å². The van der Waals surface area contributed by atoms with Gasteiger partial charge in [0.05, 0.1) is 4.75 Å². The van der Waals surface area contributed by atoms with E-state index in [1.807, 2.05) is 30.3 Å². The summed E-state index contributed by atoms with van der Waals surface area (Å²) in [5.41, 5.74) is 1.88. The van der Waals surface area contributed by atoms with Crippen molar-refractivity contribution in [2.75, 3.05) is 13.1 Å². The van der Waals surface area contributed by atoms with Crippen molar-refractivity contribution in [1.82, 2.24) is 15.8 Å². The second-order valence-corrected chi connectivity index (χ2v) is 8.08. The number of unbranched alkanes of at least 4 members (excludes halogenated alkanes) is 2. The molecular formula is C20H27N3O3S. The van der Waals surface area contributed by atoms with Crippen LogP contribution in [-0.2, 0) is 4.79 Å². The van der Waals surface area contributed by atoms with Gasteiger partial charge in [-0.15, -0.1) is 0 Å². The van der Waals surface area contributed by atoms with Crippen LogP contribution < -0.4 is 10.6 Å². The Morgan fingerprint density at radius 2 is 1.70 bits per heavy atom. The predicted molar refractivity (Wildman–Crippen MR) is 109 cm³/mol. The van der Waals surface area contributed by atoms with Gasteiger partial charge >= 0.3 is 0 Å². The topological polar surface area (TPSA) is 84.2 Å². The van der Waals surface area contributed by atoms with E-state index in [1.54, 1.807) is 20.8 Å². The van der Waals surface area contributed by atoms with Gasteiger partial charge in [-0.25, -0.2) is 0 Å². The molecule has 2 N–H and O–H groups in total. The van der Waals surface area contributed by atoms with Crippen molar-refractivity contribution in [2.45, 2.75) is 44.8 Å². The molecule has 1 aromatic heterocycles. The fraction of sp³-hybridized carbons (Fsp3) is 0.450. The van der Waals surface area contributed by atoms with Crippen molar-refractivity contribution in [3.05, 3.63) is 41.7 Å². The molecule has 6 nitrogen and oxygen atoms in total. The maximum Gasteiger partial charge on any atom is 0.257 e. The van der Waals surface area contributed by atoms with E-state index in [1.165, 1.54) is 0 Å². The number of aromatic nitrogens is 1. The molecule has 1 aromatic carbocycles. The highest BCUT2D eigenvalue weighted by Crippen LogP contribution is 2.24. The highest BCUT2D eigenvalue weighted by atomic mass is 32.1. The minimum atomic E-state index is -0.666. The lowest BCUT2D eigenvalue weighted by molar-refractivity contribution is -0.122. The van der Waals surface area contributed by atoms with Gasteiger partial charge in [-0.1, -0.05) is 35.5 Å². The summed E-state index contributed by atoms with van der Waals surface area (Å²) < 4.78 is 4.56. The molecule has 0 saturated heterocycles. The number of carbonyl (C=O) groups is 2. The molecule has 0 saturated carbocycles. The van der Waals surface area contributed by atoms with Crippen LogP contribution >= 0.6 is 12.6 Å². The number of nitrogens with one attached hydrogen (secondary N) is 2. The van der Waals surface area contributed by atoms with E-state index in [-0.39, 0.29) is 11.8 Å². The summed E-state index contributed by atoms with van der Waals surface area (Å²) in [6, 6.07) is 9.50. The molecule has 0 unspecified atom stereocenters. The molecule has 27 heavy (non-hydrogen) atoms. The molecule has 2 rings (SSSR count). The van der Waals surface area contributed by atoms with Gasteiger partial charge in [0.25, 0.3) is 5.91 Å². The average molecular weight is 390 g/mol. The molecule has 1 heterocycles. The molecule has 0 aliphatic rings. The predicted octanol–water partition coefficient (Wildman–Crippen LogP) is 3.37. The lowest BCUT2D eigenvalue weighted by atomic mass is 10.1. The second-order valence-electron chi connectivity index (χ2n) is 6.96. The first-order valence-electron chi connectivity index (χ1n) is 9.11. The molecule has 0 fully saturated rings. The lowest BCUT2D eigenvalue weighted by Gasteiger charge is -2.16. The number of thiol groups is 1. The Hall–Kier alpha value is -2.28. The van der Waals surface area contributed by atoms with E-state index in [2.05, 4.69) is 28.4 Å². The van der Waals surface area contributed by atoms with E-state index in [9.17, 15) is 9.59 Å². The van der Waals surface area contributed by atoms with E-state index >= 15 is 0 Å². The third-order valence-corrected chi connectivity index (χ3v) is 4.32. The minimum absolute atomic E-state index is 0.0736.